The zero-order valence-corrected chi connectivity index (χ0v) is 17.5. The van der Waals surface area contributed by atoms with E-state index in [0.717, 1.165) is 38.5 Å². The predicted molar refractivity (Wildman–Crippen MR) is 103 cm³/mol. The van der Waals surface area contributed by atoms with Gasteiger partial charge in [0.05, 0.1) is 25.6 Å². The fraction of sp³-hybridized carbons (Fsp3) is 0.783. The highest BCUT2D eigenvalue weighted by molar-refractivity contribution is 5.92. The monoisotopic (exact) mass is 388 g/mol. The Hall–Kier alpha value is -1.65. The van der Waals surface area contributed by atoms with Crippen molar-refractivity contribution in [2.75, 3.05) is 14.2 Å². The lowest BCUT2D eigenvalue weighted by atomic mass is 9.40. The highest BCUT2D eigenvalue weighted by atomic mass is 16.5. The summed E-state index contributed by atoms with van der Waals surface area (Å²) < 4.78 is 10.5. The lowest BCUT2D eigenvalue weighted by molar-refractivity contribution is -0.190. The Bertz CT molecular complexity index is 754. The third-order valence-electron chi connectivity index (χ3n) is 9.14. The molecule has 5 heteroatoms. The molecular weight excluding hydrogens is 356 g/mol. The minimum absolute atomic E-state index is 0.115. The first-order chi connectivity index (χ1) is 13.2. The largest absolute Gasteiger partial charge is 0.469 e. The second-order valence-electron chi connectivity index (χ2n) is 9.89. The van der Waals surface area contributed by atoms with Crippen molar-refractivity contribution in [3.63, 3.8) is 0 Å². The van der Waals surface area contributed by atoms with Crippen LogP contribution in [0.5, 0.6) is 0 Å². The summed E-state index contributed by atoms with van der Waals surface area (Å²) in [5.41, 5.74) is 0.279. The van der Waals surface area contributed by atoms with Gasteiger partial charge < -0.3 is 9.47 Å². The molecule has 3 saturated carbocycles. The third kappa shape index (κ3) is 2.34. The van der Waals surface area contributed by atoms with Crippen LogP contribution < -0.4 is 0 Å². The normalized spacial score (nSPS) is 44.6. The van der Waals surface area contributed by atoms with E-state index < -0.39 is 5.41 Å². The summed E-state index contributed by atoms with van der Waals surface area (Å²) in [5, 5.41) is 0. The molecule has 0 N–H and O–H groups in total. The van der Waals surface area contributed by atoms with Crippen molar-refractivity contribution in [1.82, 2.24) is 0 Å². The van der Waals surface area contributed by atoms with E-state index in [9.17, 15) is 14.4 Å². The van der Waals surface area contributed by atoms with Crippen LogP contribution in [0.4, 0.5) is 0 Å². The maximum absolute atomic E-state index is 13.4. The smallest absolute Gasteiger partial charge is 0.312 e. The Morgan fingerprint density at radius 3 is 2.39 bits per heavy atom. The molecule has 0 radical (unpaired) electrons. The summed E-state index contributed by atoms with van der Waals surface area (Å²) in [4.78, 5) is 38.0. The van der Waals surface area contributed by atoms with Crippen LogP contribution in [-0.2, 0) is 23.9 Å². The van der Waals surface area contributed by atoms with E-state index in [1.165, 1.54) is 19.8 Å². The molecule has 0 amide bonds. The molecule has 154 valence electrons. The van der Waals surface area contributed by atoms with Crippen LogP contribution in [0.1, 0.15) is 65.2 Å². The van der Waals surface area contributed by atoms with Gasteiger partial charge in [-0.2, -0.15) is 0 Å². The van der Waals surface area contributed by atoms with E-state index in [4.69, 9.17) is 9.47 Å². The van der Waals surface area contributed by atoms with E-state index in [1.54, 1.807) is 0 Å². The number of allylic oxidation sites excluding steroid dienone is 1. The number of methoxy groups -OCH3 is 2. The van der Waals surface area contributed by atoms with Crippen LogP contribution in [-0.4, -0.2) is 31.9 Å². The van der Waals surface area contributed by atoms with Gasteiger partial charge in [0.1, 0.15) is 0 Å². The van der Waals surface area contributed by atoms with Crippen LogP contribution in [0.3, 0.4) is 0 Å². The van der Waals surface area contributed by atoms with Gasteiger partial charge in [0.2, 0.25) is 0 Å². The Kier molecular flexibility index (Phi) is 4.51. The molecule has 0 saturated heterocycles. The van der Waals surface area contributed by atoms with E-state index in [2.05, 4.69) is 13.8 Å². The van der Waals surface area contributed by atoms with Gasteiger partial charge in [-0.05, 0) is 73.7 Å². The molecule has 1 unspecified atom stereocenters. The average molecular weight is 389 g/mol. The molecule has 3 fully saturated rings. The zero-order valence-electron chi connectivity index (χ0n) is 17.5. The molecule has 28 heavy (non-hydrogen) atoms. The van der Waals surface area contributed by atoms with E-state index in [-0.39, 0.29) is 46.3 Å². The molecule has 4 rings (SSSR count). The summed E-state index contributed by atoms with van der Waals surface area (Å²) in [6.07, 6.45) is 8.13. The van der Waals surface area contributed by atoms with Crippen molar-refractivity contribution >= 4 is 17.7 Å². The van der Waals surface area contributed by atoms with Crippen LogP contribution in [0.25, 0.3) is 0 Å². The van der Waals surface area contributed by atoms with Crippen molar-refractivity contribution in [2.24, 2.45) is 34.0 Å². The number of hydrogen-bond acceptors (Lipinski definition) is 5. The van der Waals surface area contributed by atoms with Gasteiger partial charge in [0.15, 0.2) is 5.78 Å². The molecule has 4 aliphatic carbocycles. The number of carbonyl (C=O) groups is 3. The van der Waals surface area contributed by atoms with Crippen LogP contribution in [0.15, 0.2) is 11.6 Å². The van der Waals surface area contributed by atoms with Gasteiger partial charge in [-0.25, -0.2) is 0 Å². The second-order valence-corrected chi connectivity index (χ2v) is 9.89. The van der Waals surface area contributed by atoms with Crippen molar-refractivity contribution < 1.29 is 23.9 Å². The fourth-order valence-electron chi connectivity index (χ4n) is 7.80. The van der Waals surface area contributed by atoms with Gasteiger partial charge in [-0.1, -0.05) is 19.4 Å². The Labute approximate surface area is 167 Å². The molecule has 0 aromatic rings. The van der Waals surface area contributed by atoms with Crippen LogP contribution in [0.2, 0.25) is 0 Å². The topological polar surface area (TPSA) is 69.7 Å². The summed E-state index contributed by atoms with van der Waals surface area (Å²) in [6.45, 7) is 4.44. The quantitative estimate of drug-likeness (QED) is 0.672. The minimum atomic E-state index is -0.572. The Morgan fingerprint density at radius 1 is 0.964 bits per heavy atom. The van der Waals surface area contributed by atoms with Crippen LogP contribution >= 0.6 is 0 Å². The number of fused-ring (bicyclic) bond motifs is 5. The molecule has 5 nitrogen and oxygen atoms in total. The van der Waals surface area contributed by atoms with Crippen LogP contribution in [0, 0.1) is 34.0 Å². The molecule has 4 aliphatic rings. The number of rotatable bonds is 2. The lowest BCUT2D eigenvalue weighted by Gasteiger charge is -2.62. The SMILES string of the molecule is COC(=O)C1CC[C@H]2[C@]3(C(=O)OC)CCC4=CC(=O)CC[C@]4(C)[C@@H]3CC[C@]12C. The summed E-state index contributed by atoms with van der Waals surface area (Å²) in [7, 11) is 2.95. The standard InChI is InChI=1S/C23H32O5/c1-21-10-8-15(24)13-14(21)7-12-23(20(26)28-4)17-6-5-16(19(25)27-3)22(17,2)11-9-18(21)23/h13,16-18H,5-12H2,1-4H3/t16?,17-,18+,21+,22-,23-/m1/s1. The molecule has 0 bridgehead atoms. The van der Waals surface area contributed by atoms with E-state index in [0.29, 0.717) is 12.8 Å². The predicted octanol–water partition coefficient (Wildman–Crippen LogP) is 3.85. The first-order valence-electron chi connectivity index (χ1n) is 10.6. The summed E-state index contributed by atoms with van der Waals surface area (Å²) in [6, 6.07) is 0. The maximum Gasteiger partial charge on any atom is 0.312 e. The second kappa shape index (κ2) is 6.43. The number of ether oxygens (including phenoxy) is 2. The average Bonchev–Trinajstić information content (AvgIpc) is 3.04. The van der Waals surface area contributed by atoms with Crippen molar-refractivity contribution in [3.05, 3.63) is 11.6 Å². The van der Waals surface area contributed by atoms with Crippen molar-refractivity contribution in [2.45, 2.75) is 65.2 Å². The van der Waals surface area contributed by atoms with Gasteiger partial charge in [0.25, 0.3) is 0 Å². The lowest BCUT2D eigenvalue weighted by Crippen LogP contribution is -2.61. The zero-order chi connectivity index (χ0) is 20.3. The summed E-state index contributed by atoms with van der Waals surface area (Å²) >= 11 is 0. The molecule has 0 aromatic heterocycles. The number of carbonyl (C=O) groups excluding carboxylic acids is 3. The number of hydrogen-bond donors (Lipinski definition) is 0. The third-order valence-corrected chi connectivity index (χ3v) is 9.14. The molecule has 0 aliphatic heterocycles. The number of ketones is 1. The molecule has 6 atom stereocenters. The van der Waals surface area contributed by atoms with Gasteiger partial charge in [-0.3, -0.25) is 14.4 Å². The Morgan fingerprint density at radius 2 is 1.71 bits per heavy atom. The minimum Gasteiger partial charge on any atom is -0.469 e. The Balaban J connectivity index is 1.82. The molecule has 0 spiro atoms. The number of esters is 2. The molecular formula is C23H32O5. The van der Waals surface area contributed by atoms with E-state index >= 15 is 0 Å². The first kappa shape index (κ1) is 19.7. The highest BCUT2D eigenvalue weighted by Gasteiger charge is 2.70. The molecule has 0 heterocycles. The van der Waals surface area contributed by atoms with Gasteiger partial charge >= 0.3 is 11.9 Å². The van der Waals surface area contributed by atoms with Crippen molar-refractivity contribution in [1.29, 1.82) is 0 Å². The molecule has 0 aromatic carbocycles. The summed E-state index contributed by atoms with van der Waals surface area (Å²) in [5.74, 6) is 0.0831. The van der Waals surface area contributed by atoms with Crippen molar-refractivity contribution in [3.8, 4) is 0 Å². The maximum atomic E-state index is 13.4. The van der Waals surface area contributed by atoms with Gasteiger partial charge in [0, 0.05) is 6.42 Å². The van der Waals surface area contributed by atoms with E-state index in [1.807, 2.05) is 6.08 Å². The first-order valence-corrected chi connectivity index (χ1v) is 10.6. The fourth-order valence-corrected chi connectivity index (χ4v) is 7.80. The van der Waals surface area contributed by atoms with Gasteiger partial charge in [-0.15, -0.1) is 0 Å². The highest BCUT2D eigenvalue weighted by Crippen LogP contribution is 2.72.